The van der Waals surface area contributed by atoms with Crippen molar-refractivity contribution in [1.82, 2.24) is 0 Å². The first-order valence-corrected chi connectivity index (χ1v) is 7.63. The van der Waals surface area contributed by atoms with E-state index in [1.807, 2.05) is 6.92 Å². The number of benzene rings is 2. The molecule has 128 valence electrons. The minimum atomic E-state index is -0.536. The maximum absolute atomic E-state index is 13.5. The average Bonchev–Trinajstić information content (AvgIpc) is 2.57. The molecule has 0 spiro atoms. The van der Waals surface area contributed by atoms with E-state index >= 15 is 0 Å². The molecule has 0 saturated carbocycles. The average molecular weight is 335 g/mol. The zero-order chi connectivity index (χ0) is 17.5. The highest BCUT2D eigenvalue weighted by Gasteiger charge is 2.10. The normalized spacial score (nSPS) is 10.5. The summed E-state index contributed by atoms with van der Waals surface area (Å²) in [4.78, 5) is 12.0. The lowest BCUT2D eigenvalue weighted by Gasteiger charge is -2.11. The van der Waals surface area contributed by atoms with Crippen LogP contribution in [-0.4, -0.2) is 17.6 Å². The third kappa shape index (κ3) is 4.76. The number of nitrogens with one attached hydrogen (secondary N) is 1. The molecule has 0 aliphatic heterocycles. The molecular formula is C18H19F2NO3. The first-order chi connectivity index (χ1) is 11.5. The first-order valence-electron chi connectivity index (χ1n) is 7.63. The molecule has 0 atom stereocenters. The molecule has 0 aliphatic carbocycles. The lowest BCUT2D eigenvalue weighted by Crippen LogP contribution is -2.13. The van der Waals surface area contributed by atoms with E-state index in [0.717, 1.165) is 18.2 Å². The van der Waals surface area contributed by atoms with Crippen LogP contribution in [0.15, 0.2) is 36.4 Å². The molecule has 0 aliphatic rings. The highest BCUT2D eigenvalue weighted by atomic mass is 19.1. The van der Waals surface area contributed by atoms with Crippen molar-refractivity contribution in [3.05, 3.63) is 59.2 Å². The van der Waals surface area contributed by atoms with Gasteiger partial charge in [0.15, 0.2) is 0 Å². The van der Waals surface area contributed by atoms with Crippen LogP contribution in [0.1, 0.15) is 24.5 Å². The number of hydrogen-bond acceptors (Lipinski definition) is 3. The lowest BCUT2D eigenvalue weighted by atomic mass is 10.1. The Kier molecular flexibility index (Phi) is 6.26. The van der Waals surface area contributed by atoms with Gasteiger partial charge in [0.05, 0.1) is 13.2 Å². The summed E-state index contributed by atoms with van der Waals surface area (Å²) in [5.41, 5.74) is 1.23. The van der Waals surface area contributed by atoms with Crippen molar-refractivity contribution in [2.45, 2.75) is 26.4 Å². The molecule has 0 fully saturated rings. The highest BCUT2D eigenvalue weighted by Crippen LogP contribution is 2.23. The molecule has 0 aromatic heterocycles. The second-order valence-electron chi connectivity index (χ2n) is 5.20. The van der Waals surface area contributed by atoms with Crippen molar-refractivity contribution in [2.24, 2.45) is 0 Å². The van der Waals surface area contributed by atoms with E-state index in [0.29, 0.717) is 23.6 Å². The number of rotatable bonds is 7. The molecule has 2 N–H and O–H groups in total. The Morgan fingerprint density at radius 2 is 1.96 bits per heavy atom. The molecule has 1 amide bonds. The maximum Gasteiger partial charge on any atom is 0.224 e. The zero-order valence-corrected chi connectivity index (χ0v) is 13.3. The summed E-state index contributed by atoms with van der Waals surface area (Å²) in [5, 5.41) is 12.0. The third-order valence-electron chi connectivity index (χ3n) is 3.44. The van der Waals surface area contributed by atoms with Crippen LogP contribution >= 0.6 is 0 Å². The summed E-state index contributed by atoms with van der Waals surface area (Å²) in [7, 11) is 0. The van der Waals surface area contributed by atoms with Crippen LogP contribution in [0.3, 0.4) is 0 Å². The third-order valence-corrected chi connectivity index (χ3v) is 3.44. The van der Waals surface area contributed by atoms with Gasteiger partial charge in [0.25, 0.3) is 0 Å². The number of carbonyl (C=O) groups excluding carboxylic acids is 1. The number of amides is 1. The number of hydrogen-bond donors (Lipinski definition) is 2. The Balaban J connectivity index is 1.98. The number of aliphatic hydroxyl groups is 1. The molecule has 6 heteroatoms. The maximum atomic E-state index is 13.5. The molecule has 2 rings (SSSR count). The van der Waals surface area contributed by atoms with Gasteiger partial charge < -0.3 is 15.2 Å². The Morgan fingerprint density at radius 3 is 2.67 bits per heavy atom. The fraction of sp³-hybridized carbons (Fsp3) is 0.278. The molecule has 2 aromatic carbocycles. The standard InChI is InChI=1S/C18H19F2NO3/c1-2-24-17-7-5-15(10-13(17)11-22)21-18(23)8-3-12-9-14(19)4-6-16(12)20/h4-7,9-10,22H,2-3,8,11H2,1H3,(H,21,23). The number of ether oxygens (including phenoxy) is 1. The van der Waals surface area contributed by atoms with Gasteiger partial charge in [0, 0.05) is 17.7 Å². The van der Waals surface area contributed by atoms with E-state index in [2.05, 4.69) is 5.32 Å². The van der Waals surface area contributed by atoms with Gasteiger partial charge in [-0.1, -0.05) is 0 Å². The van der Waals surface area contributed by atoms with Crippen LogP contribution in [0.5, 0.6) is 5.75 Å². The van der Waals surface area contributed by atoms with Gasteiger partial charge in [0.1, 0.15) is 17.4 Å². The van der Waals surface area contributed by atoms with E-state index in [1.165, 1.54) is 0 Å². The second-order valence-corrected chi connectivity index (χ2v) is 5.20. The SMILES string of the molecule is CCOc1ccc(NC(=O)CCc2cc(F)ccc2F)cc1CO. The van der Waals surface area contributed by atoms with Crippen LogP contribution in [0, 0.1) is 11.6 Å². The van der Waals surface area contributed by atoms with Gasteiger partial charge >= 0.3 is 0 Å². The Morgan fingerprint density at radius 1 is 1.17 bits per heavy atom. The van der Waals surface area contributed by atoms with E-state index in [-0.39, 0.29) is 30.9 Å². The topological polar surface area (TPSA) is 58.6 Å². The van der Waals surface area contributed by atoms with Gasteiger partial charge in [-0.2, -0.15) is 0 Å². The van der Waals surface area contributed by atoms with E-state index < -0.39 is 11.6 Å². The smallest absolute Gasteiger partial charge is 0.224 e. The van der Waals surface area contributed by atoms with E-state index in [9.17, 15) is 18.7 Å². The van der Waals surface area contributed by atoms with Gasteiger partial charge in [0.2, 0.25) is 5.91 Å². The van der Waals surface area contributed by atoms with E-state index in [1.54, 1.807) is 18.2 Å². The van der Waals surface area contributed by atoms with Gasteiger partial charge in [-0.15, -0.1) is 0 Å². The van der Waals surface area contributed by atoms with Crippen LogP contribution in [-0.2, 0) is 17.8 Å². The summed E-state index contributed by atoms with van der Waals surface area (Å²) in [6.07, 6.45) is 0.112. The molecule has 0 heterocycles. The Labute approximate surface area is 139 Å². The van der Waals surface area contributed by atoms with E-state index in [4.69, 9.17) is 4.74 Å². The van der Waals surface area contributed by atoms with Crippen molar-refractivity contribution in [3.63, 3.8) is 0 Å². The Bertz CT molecular complexity index is 719. The first kappa shape index (κ1) is 17.9. The molecular weight excluding hydrogens is 316 g/mol. The monoisotopic (exact) mass is 335 g/mol. The number of carbonyl (C=O) groups is 1. The molecule has 0 unspecified atom stereocenters. The van der Waals surface area contributed by atoms with Gasteiger partial charge in [-0.25, -0.2) is 8.78 Å². The van der Waals surface area contributed by atoms with Crippen molar-refractivity contribution in [3.8, 4) is 5.75 Å². The Hall–Kier alpha value is -2.47. The summed E-state index contributed by atoms with van der Waals surface area (Å²) in [6.45, 7) is 2.09. The molecule has 0 radical (unpaired) electrons. The summed E-state index contributed by atoms with van der Waals surface area (Å²) < 4.78 is 32.0. The van der Waals surface area contributed by atoms with Crippen LogP contribution in [0.4, 0.5) is 14.5 Å². The van der Waals surface area contributed by atoms with Crippen LogP contribution < -0.4 is 10.1 Å². The molecule has 4 nitrogen and oxygen atoms in total. The van der Waals surface area contributed by atoms with Gasteiger partial charge in [-0.3, -0.25) is 4.79 Å². The molecule has 24 heavy (non-hydrogen) atoms. The van der Waals surface area contributed by atoms with Crippen molar-refractivity contribution in [1.29, 1.82) is 0 Å². The minimum Gasteiger partial charge on any atom is -0.494 e. The van der Waals surface area contributed by atoms with Crippen molar-refractivity contribution >= 4 is 11.6 Å². The van der Waals surface area contributed by atoms with Crippen molar-refractivity contribution in [2.75, 3.05) is 11.9 Å². The predicted octanol–water partition coefficient (Wildman–Crippen LogP) is 3.43. The summed E-state index contributed by atoms with van der Waals surface area (Å²) in [6, 6.07) is 8.11. The number of anilines is 1. The fourth-order valence-electron chi connectivity index (χ4n) is 2.28. The van der Waals surface area contributed by atoms with Crippen LogP contribution in [0.2, 0.25) is 0 Å². The minimum absolute atomic E-state index is 0.0159. The predicted molar refractivity (Wildman–Crippen MR) is 86.8 cm³/mol. The largest absolute Gasteiger partial charge is 0.494 e. The molecule has 0 bridgehead atoms. The lowest BCUT2D eigenvalue weighted by molar-refractivity contribution is -0.116. The number of aliphatic hydroxyl groups excluding tert-OH is 1. The zero-order valence-electron chi connectivity index (χ0n) is 13.3. The number of halogens is 2. The van der Waals surface area contributed by atoms with Gasteiger partial charge in [-0.05, 0) is 55.3 Å². The highest BCUT2D eigenvalue weighted by molar-refractivity contribution is 5.91. The fourth-order valence-corrected chi connectivity index (χ4v) is 2.28. The second kappa shape index (κ2) is 8.40. The molecule has 0 saturated heterocycles. The summed E-state index contributed by atoms with van der Waals surface area (Å²) >= 11 is 0. The summed E-state index contributed by atoms with van der Waals surface area (Å²) in [5.74, 6) is -0.842. The quantitative estimate of drug-likeness (QED) is 0.815. The van der Waals surface area contributed by atoms with Crippen LogP contribution in [0.25, 0.3) is 0 Å². The molecule has 2 aromatic rings. The number of aryl methyl sites for hydroxylation is 1. The van der Waals surface area contributed by atoms with Crippen molar-refractivity contribution < 1.29 is 23.4 Å².